The lowest BCUT2D eigenvalue weighted by Gasteiger charge is -2.21. The van der Waals surface area contributed by atoms with Crippen LogP contribution in [0.2, 0.25) is 0 Å². The number of rotatable bonds is 4. The van der Waals surface area contributed by atoms with Crippen LogP contribution >= 0.6 is 0 Å². The normalized spacial score (nSPS) is 16.7. The maximum atomic E-state index is 12.2. The first kappa shape index (κ1) is 17.1. The molecule has 1 N–H and O–H groups in total. The molecular weight excluding hydrogens is 318 g/mol. The Morgan fingerprint density at radius 1 is 1.26 bits per heavy atom. The second kappa shape index (κ2) is 6.49. The van der Waals surface area contributed by atoms with Crippen LogP contribution in [-0.2, 0) is 19.4 Å². The minimum absolute atomic E-state index is 0.119. The fourth-order valence-electron chi connectivity index (χ4n) is 2.20. The van der Waals surface area contributed by atoms with Crippen LogP contribution < -0.4 is 5.32 Å². The van der Waals surface area contributed by atoms with E-state index in [1.54, 1.807) is 19.1 Å². The average molecular weight is 337 g/mol. The number of hydrogen-bond acceptors (Lipinski definition) is 5. The summed E-state index contributed by atoms with van der Waals surface area (Å²) in [7, 11) is -1.72. The third kappa shape index (κ3) is 4.16. The van der Waals surface area contributed by atoms with Crippen LogP contribution in [0.3, 0.4) is 0 Å². The van der Waals surface area contributed by atoms with Gasteiger partial charge < -0.3 is 5.32 Å². The molecule has 124 valence electrons. The van der Waals surface area contributed by atoms with Gasteiger partial charge in [-0.3, -0.25) is 9.59 Å². The molecule has 23 heavy (non-hydrogen) atoms. The van der Waals surface area contributed by atoms with Crippen molar-refractivity contribution >= 4 is 27.4 Å². The number of hydrazone groups is 1. The first-order chi connectivity index (χ1) is 10.7. The summed E-state index contributed by atoms with van der Waals surface area (Å²) in [6.45, 7) is 1.80. The Balaban J connectivity index is 2.07. The molecule has 1 aliphatic rings. The molecule has 1 heterocycles. The molecule has 7 nitrogen and oxygen atoms in total. The fourth-order valence-corrected chi connectivity index (χ4v) is 2.83. The van der Waals surface area contributed by atoms with Crippen LogP contribution in [-0.4, -0.2) is 44.3 Å². The number of nitrogens with one attached hydrogen (secondary N) is 1. The Morgan fingerprint density at radius 2 is 1.87 bits per heavy atom. The molecule has 0 radical (unpaired) electrons. The quantitative estimate of drug-likeness (QED) is 0.882. The second-order valence-corrected chi connectivity index (χ2v) is 7.52. The standard InChI is InChI=1S/C15H19N3O4S/c1-10(11-4-6-12(7-5-11)23(3,21)22)16-15(20)13-8-9-14(19)18(2)17-13/h4-7,10H,8-9H2,1-3H3,(H,16,20). The second-order valence-electron chi connectivity index (χ2n) is 5.50. The van der Waals surface area contributed by atoms with Gasteiger partial charge in [0.15, 0.2) is 9.84 Å². The third-order valence-electron chi connectivity index (χ3n) is 3.63. The van der Waals surface area contributed by atoms with E-state index in [2.05, 4.69) is 10.4 Å². The molecule has 1 aromatic rings. The van der Waals surface area contributed by atoms with Crippen LogP contribution in [0, 0.1) is 0 Å². The summed E-state index contributed by atoms with van der Waals surface area (Å²) in [5.74, 6) is -0.449. The highest BCUT2D eigenvalue weighted by molar-refractivity contribution is 7.90. The molecule has 0 aliphatic carbocycles. The van der Waals surface area contributed by atoms with Crippen molar-refractivity contribution in [1.29, 1.82) is 0 Å². The van der Waals surface area contributed by atoms with Crippen molar-refractivity contribution in [2.75, 3.05) is 13.3 Å². The van der Waals surface area contributed by atoms with E-state index in [0.717, 1.165) is 11.8 Å². The lowest BCUT2D eigenvalue weighted by atomic mass is 10.1. The Bertz CT molecular complexity index is 753. The van der Waals surface area contributed by atoms with Crippen molar-refractivity contribution < 1.29 is 18.0 Å². The van der Waals surface area contributed by atoms with E-state index in [9.17, 15) is 18.0 Å². The Hall–Kier alpha value is -2.22. The molecule has 2 rings (SSSR count). The minimum Gasteiger partial charge on any atom is -0.344 e. The van der Waals surface area contributed by atoms with Gasteiger partial charge in [-0.15, -0.1) is 0 Å². The summed E-state index contributed by atoms with van der Waals surface area (Å²) in [5.41, 5.74) is 1.10. The highest BCUT2D eigenvalue weighted by atomic mass is 32.2. The predicted octanol–water partition coefficient (Wildman–Crippen LogP) is 0.875. The molecule has 1 aromatic carbocycles. The van der Waals surface area contributed by atoms with Crippen molar-refractivity contribution in [2.24, 2.45) is 5.10 Å². The first-order valence-electron chi connectivity index (χ1n) is 7.13. The van der Waals surface area contributed by atoms with Crippen LogP contribution in [0.25, 0.3) is 0 Å². The van der Waals surface area contributed by atoms with Crippen molar-refractivity contribution in [3.8, 4) is 0 Å². The zero-order chi connectivity index (χ0) is 17.2. The van der Waals surface area contributed by atoms with Crippen molar-refractivity contribution in [1.82, 2.24) is 10.3 Å². The third-order valence-corrected chi connectivity index (χ3v) is 4.75. The number of carbonyl (C=O) groups excluding carboxylic acids is 2. The maximum Gasteiger partial charge on any atom is 0.267 e. The smallest absolute Gasteiger partial charge is 0.267 e. The Morgan fingerprint density at radius 3 is 2.39 bits per heavy atom. The number of nitrogens with zero attached hydrogens (tertiary/aromatic N) is 2. The SMILES string of the molecule is CC(NC(=O)C1=NN(C)C(=O)CC1)c1ccc(S(C)(=O)=O)cc1. The zero-order valence-electron chi connectivity index (χ0n) is 13.2. The molecule has 1 unspecified atom stereocenters. The predicted molar refractivity (Wildman–Crippen MR) is 85.5 cm³/mol. The lowest BCUT2D eigenvalue weighted by molar-refractivity contribution is -0.130. The van der Waals surface area contributed by atoms with E-state index in [4.69, 9.17) is 0 Å². The van der Waals surface area contributed by atoms with Crippen molar-refractivity contribution in [2.45, 2.75) is 30.7 Å². The molecule has 2 amide bonds. The molecule has 0 fully saturated rings. The topological polar surface area (TPSA) is 95.9 Å². The molecule has 0 saturated heterocycles. The fraction of sp³-hybridized carbons (Fsp3) is 0.400. The molecule has 0 saturated carbocycles. The molecule has 8 heteroatoms. The van der Waals surface area contributed by atoms with E-state index >= 15 is 0 Å². The number of hydrogen-bond donors (Lipinski definition) is 1. The number of benzene rings is 1. The van der Waals surface area contributed by atoms with Gasteiger partial charge in [0.1, 0.15) is 5.71 Å². The highest BCUT2D eigenvalue weighted by Gasteiger charge is 2.23. The number of carbonyl (C=O) groups is 2. The van der Waals surface area contributed by atoms with Crippen LogP contribution in [0.5, 0.6) is 0 Å². The van der Waals surface area contributed by atoms with Crippen LogP contribution in [0.15, 0.2) is 34.3 Å². The van der Waals surface area contributed by atoms with Crippen LogP contribution in [0.1, 0.15) is 31.4 Å². The molecule has 0 bridgehead atoms. The van der Waals surface area contributed by atoms with Gasteiger partial charge in [-0.1, -0.05) is 12.1 Å². The summed E-state index contributed by atoms with van der Waals surface area (Å²) in [5, 5.41) is 7.94. The zero-order valence-corrected chi connectivity index (χ0v) is 14.1. The number of amides is 2. The van der Waals surface area contributed by atoms with Gasteiger partial charge in [0.05, 0.1) is 10.9 Å². The van der Waals surface area contributed by atoms with Crippen molar-refractivity contribution in [3.05, 3.63) is 29.8 Å². The summed E-state index contributed by atoms with van der Waals surface area (Å²) in [6.07, 6.45) is 1.72. The summed E-state index contributed by atoms with van der Waals surface area (Å²) >= 11 is 0. The minimum atomic E-state index is -3.24. The average Bonchev–Trinajstić information content (AvgIpc) is 2.49. The van der Waals surface area contributed by atoms with Gasteiger partial charge in [0.25, 0.3) is 5.91 Å². The van der Waals surface area contributed by atoms with Crippen LogP contribution in [0.4, 0.5) is 0 Å². The van der Waals surface area contributed by atoms with E-state index in [-0.39, 0.29) is 29.2 Å². The van der Waals surface area contributed by atoms with Gasteiger partial charge in [0.2, 0.25) is 5.91 Å². The Labute approximate surface area is 135 Å². The summed E-state index contributed by atoms with van der Waals surface area (Å²) in [6, 6.07) is 6.05. The Kier molecular flexibility index (Phi) is 4.84. The van der Waals surface area contributed by atoms with E-state index < -0.39 is 9.84 Å². The summed E-state index contributed by atoms with van der Waals surface area (Å²) in [4.78, 5) is 23.8. The summed E-state index contributed by atoms with van der Waals surface area (Å²) < 4.78 is 22.9. The molecule has 0 spiro atoms. The highest BCUT2D eigenvalue weighted by Crippen LogP contribution is 2.17. The van der Waals surface area contributed by atoms with Crippen molar-refractivity contribution in [3.63, 3.8) is 0 Å². The largest absolute Gasteiger partial charge is 0.344 e. The van der Waals surface area contributed by atoms with E-state index in [0.29, 0.717) is 12.1 Å². The van der Waals surface area contributed by atoms with Gasteiger partial charge >= 0.3 is 0 Å². The number of sulfone groups is 1. The lowest BCUT2D eigenvalue weighted by Crippen LogP contribution is -2.38. The molecular formula is C15H19N3O4S. The van der Waals surface area contributed by atoms with E-state index in [1.165, 1.54) is 24.2 Å². The first-order valence-corrected chi connectivity index (χ1v) is 9.02. The maximum absolute atomic E-state index is 12.2. The molecule has 0 aromatic heterocycles. The molecule has 1 aliphatic heterocycles. The monoisotopic (exact) mass is 337 g/mol. The van der Waals surface area contributed by atoms with Gasteiger partial charge in [-0.25, -0.2) is 13.4 Å². The van der Waals surface area contributed by atoms with E-state index in [1.807, 2.05) is 0 Å². The van der Waals surface area contributed by atoms with Gasteiger partial charge in [-0.2, -0.15) is 5.10 Å². The van der Waals surface area contributed by atoms with Gasteiger partial charge in [-0.05, 0) is 24.6 Å². The van der Waals surface area contributed by atoms with Gasteiger partial charge in [0, 0.05) is 26.1 Å². The molecule has 1 atom stereocenters.